The Morgan fingerprint density at radius 2 is 2.11 bits per heavy atom. The molecule has 10 heteroatoms. The molecule has 9 nitrogen and oxygen atoms in total. The van der Waals surface area contributed by atoms with Crippen molar-refractivity contribution in [3.05, 3.63) is 57.9 Å². The molecule has 0 radical (unpaired) electrons. The summed E-state index contributed by atoms with van der Waals surface area (Å²) in [6.07, 6.45) is 7.10. The van der Waals surface area contributed by atoms with Crippen molar-refractivity contribution in [1.82, 2.24) is 30.6 Å². The second-order valence-corrected chi connectivity index (χ2v) is 7.85. The Bertz CT molecular complexity index is 1060. The molecule has 0 fully saturated rings. The lowest BCUT2D eigenvalue weighted by Crippen LogP contribution is -2.44. The van der Waals surface area contributed by atoms with E-state index >= 15 is 0 Å². The Balaban J connectivity index is 1.65. The predicted octanol–water partition coefficient (Wildman–Crippen LogP) is 3.11. The fraction of sp³-hybridized carbons (Fsp3) is 0.278. The van der Waals surface area contributed by atoms with E-state index in [0.717, 1.165) is 38.6 Å². The summed E-state index contributed by atoms with van der Waals surface area (Å²) in [4.78, 5) is 4.48. The third kappa shape index (κ3) is 3.31. The van der Waals surface area contributed by atoms with E-state index in [9.17, 15) is 0 Å². The largest absolute Gasteiger partial charge is 0.361 e. The minimum absolute atomic E-state index is 0.389. The highest BCUT2D eigenvalue weighted by atomic mass is 79.9. The van der Waals surface area contributed by atoms with Crippen LogP contribution in [0.4, 0.5) is 5.69 Å². The predicted molar refractivity (Wildman–Crippen MR) is 108 cm³/mol. The van der Waals surface area contributed by atoms with Crippen LogP contribution in [-0.4, -0.2) is 36.4 Å². The molecule has 28 heavy (non-hydrogen) atoms. The summed E-state index contributed by atoms with van der Waals surface area (Å²) in [5.41, 5.74) is 7.05. The highest BCUT2D eigenvalue weighted by molar-refractivity contribution is 9.10. The van der Waals surface area contributed by atoms with Gasteiger partial charge in [-0.25, -0.2) is 9.67 Å². The van der Waals surface area contributed by atoms with Gasteiger partial charge in [-0.3, -0.25) is 5.43 Å². The molecule has 0 unspecified atom stereocenters. The molecular formula is C18H19BrN8O. The van der Waals surface area contributed by atoms with Gasteiger partial charge in [0.25, 0.3) is 0 Å². The van der Waals surface area contributed by atoms with Crippen molar-refractivity contribution < 1.29 is 4.52 Å². The number of aryl methyl sites for hydroxylation is 2. The molecule has 4 heterocycles. The molecule has 0 aromatic carbocycles. The molecule has 0 saturated carbocycles. The first kappa shape index (κ1) is 18.4. The molecule has 2 N–H and O–H groups in total. The average Bonchev–Trinajstić information content (AvgIpc) is 3.28. The van der Waals surface area contributed by atoms with Gasteiger partial charge in [-0.2, -0.15) is 5.10 Å². The number of halogens is 1. The van der Waals surface area contributed by atoms with E-state index < -0.39 is 0 Å². The number of rotatable bonds is 4. The standard InChI is InChI=1S/C18H19BrN8O/c1-10-16(11(2)28-24-10)14-8-15(18(3,4)25-23-14)22-12-7-13(19)17(20-9-12)27-6-5-21-26-27/h5-9,22,25H,1-4H3. The van der Waals surface area contributed by atoms with E-state index in [0.29, 0.717) is 5.82 Å². The Kier molecular flexibility index (Phi) is 4.50. The van der Waals surface area contributed by atoms with Crippen LogP contribution >= 0.6 is 15.9 Å². The van der Waals surface area contributed by atoms with Crippen molar-refractivity contribution in [3.63, 3.8) is 0 Å². The first-order valence-electron chi connectivity index (χ1n) is 8.65. The van der Waals surface area contributed by atoms with Crippen molar-refractivity contribution in [3.8, 4) is 5.82 Å². The number of nitrogens with zero attached hydrogens (tertiary/aromatic N) is 6. The number of allylic oxidation sites excluding steroid dienone is 1. The van der Waals surface area contributed by atoms with Gasteiger partial charge in [0.1, 0.15) is 5.76 Å². The molecule has 0 atom stereocenters. The van der Waals surface area contributed by atoms with Gasteiger partial charge >= 0.3 is 0 Å². The van der Waals surface area contributed by atoms with Crippen LogP contribution < -0.4 is 10.7 Å². The Morgan fingerprint density at radius 3 is 2.75 bits per heavy atom. The van der Waals surface area contributed by atoms with Crippen molar-refractivity contribution >= 4 is 27.3 Å². The molecule has 0 aliphatic carbocycles. The normalized spacial score (nSPS) is 15.6. The summed E-state index contributed by atoms with van der Waals surface area (Å²) in [5, 5.41) is 19.8. The summed E-state index contributed by atoms with van der Waals surface area (Å²) in [5.74, 6) is 1.39. The molecule has 0 spiro atoms. The van der Waals surface area contributed by atoms with Gasteiger partial charge in [0.15, 0.2) is 5.82 Å². The quantitative estimate of drug-likeness (QED) is 0.638. The van der Waals surface area contributed by atoms with Crippen LogP contribution in [0.1, 0.15) is 30.9 Å². The Labute approximate surface area is 170 Å². The minimum atomic E-state index is -0.389. The molecule has 3 aromatic heterocycles. The zero-order valence-corrected chi connectivity index (χ0v) is 17.4. The van der Waals surface area contributed by atoms with E-state index in [2.05, 4.69) is 52.2 Å². The van der Waals surface area contributed by atoms with E-state index in [1.807, 2.05) is 39.8 Å². The summed E-state index contributed by atoms with van der Waals surface area (Å²) >= 11 is 3.55. The lowest BCUT2D eigenvalue weighted by Gasteiger charge is -2.32. The molecule has 1 aliphatic rings. The highest BCUT2D eigenvalue weighted by Gasteiger charge is 2.29. The van der Waals surface area contributed by atoms with Crippen molar-refractivity contribution in [2.45, 2.75) is 33.2 Å². The summed E-state index contributed by atoms with van der Waals surface area (Å²) in [6, 6.07) is 1.95. The van der Waals surface area contributed by atoms with Crippen LogP contribution in [-0.2, 0) is 0 Å². The number of hydrogen-bond donors (Lipinski definition) is 2. The van der Waals surface area contributed by atoms with Gasteiger partial charge in [-0.1, -0.05) is 10.4 Å². The first-order chi connectivity index (χ1) is 13.3. The molecule has 144 valence electrons. The van der Waals surface area contributed by atoms with Crippen LogP contribution in [0.5, 0.6) is 0 Å². The molecule has 4 rings (SSSR count). The maximum Gasteiger partial charge on any atom is 0.169 e. The average molecular weight is 443 g/mol. The molecule has 3 aromatic rings. The first-order valence-corrected chi connectivity index (χ1v) is 9.44. The Hall–Kier alpha value is -3.01. The van der Waals surface area contributed by atoms with Gasteiger partial charge in [-0.05, 0) is 55.8 Å². The summed E-state index contributed by atoms with van der Waals surface area (Å²) in [6.45, 7) is 7.87. The maximum atomic E-state index is 5.28. The summed E-state index contributed by atoms with van der Waals surface area (Å²) in [7, 11) is 0. The Morgan fingerprint density at radius 1 is 1.29 bits per heavy atom. The van der Waals surface area contributed by atoms with Gasteiger partial charge in [0.2, 0.25) is 0 Å². The third-order valence-electron chi connectivity index (χ3n) is 4.44. The van der Waals surface area contributed by atoms with E-state index in [1.54, 1.807) is 23.3 Å². The van der Waals surface area contributed by atoms with Crippen LogP contribution in [0.15, 0.2) is 50.5 Å². The topological polar surface area (TPSA) is 106 Å². The zero-order chi connectivity index (χ0) is 19.9. The smallest absolute Gasteiger partial charge is 0.169 e. The van der Waals surface area contributed by atoms with Crippen molar-refractivity contribution in [2.24, 2.45) is 5.10 Å². The van der Waals surface area contributed by atoms with Crippen molar-refractivity contribution in [1.29, 1.82) is 0 Å². The monoisotopic (exact) mass is 442 g/mol. The van der Waals surface area contributed by atoms with Crippen LogP contribution in [0.25, 0.3) is 5.82 Å². The fourth-order valence-corrected chi connectivity index (χ4v) is 3.45. The van der Waals surface area contributed by atoms with Crippen molar-refractivity contribution in [2.75, 3.05) is 5.32 Å². The number of aromatic nitrogens is 5. The molecule has 0 amide bonds. The lowest BCUT2D eigenvalue weighted by molar-refractivity contribution is 0.393. The fourth-order valence-electron chi connectivity index (χ4n) is 2.92. The van der Waals surface area contributed by atoms with E-state index in [4.69, 9.17) is 4.52 Å². The maximum absolute atomic E-state index is 5.28. The number of nitrogens with one attached hydrogen (secondary N) is 2. The second kappa shape index (κ2) is 6.86. The zero-order valence-electron chi connectivity index (χ0n) is 15.9. The van der Waals surface area contributed by atoms with Gasteiger partial charge in [-0.15, -0.1) is 5.10 Å². The SMILES string of the molecule is Cc1noc(C)c1C1=NNC(C)(C)C(Nc2cnc(-n3ccnn3)c(Br)c2)=C1. The molecule has 0 bridgehead atoms. The molecular weight excluding hydrogens is 424 g/mol. The van der Waals surface area contributed by atoms with E-state index in [-0.39, 0.29) is 5.54 Å². The summed E-state index contributed by atoms with van der Waals surface area (Å²) < 4.78 is 7.68. The van der Waals surface area contributed by atoms with Gasteiger partial charge in [0.05, 0.1) is 51.3 Å². The van der Waals surface area contributed by atoms with E-state index in [1.165, 1.54) is 0 Å². The van der Waals surface area contributed by atoms with Gasteiger partial charge < -0.3 is 9.84 Å². The molecule has 1 aliphatic heterocycles. The number of hydrazone groups is 1. The lowest BCUT2D eigenvalue weighted by atomic mass is 9.96. The highest BCUT2D eigenvalue weighted by Crippen LogP contribution is 2.27. The van der Waals surface area contributed by atoms with Crippen LogP contribution in [0, 0.1) is 13.8 Å². The van der Waals surface area contributed by atoms with Crippen LogP contribution in [0.2, 0.25) is 0 Å². The molecule has 0 saturated heterocycles. The minimum Gasteiger partial charge on any atom is -0.361 e. The number of hydrogen-bond acceptors (Lipinski definition) is 8. The second-order valence-electron chi connectivity index (χ2n) is 6.99. The number of pyridine rings is 1. The number of anilines is 1. The third-order valence-corrected chi connectivity index (χ3v) is 5.02. The van der Waals surface area contributed by atoms with Crippen LogP contribution in [0.3, 0.4) is 0 Å². The van der Waals surface area contributed by atoms with Gasteiger partial charge in [0, 0.05) is 5.70 Å².